The van der Waals surface area contributed by atoms with Crippen LogP contribution in [0.3, 0.4) is 0 Å². The number of benzene rings is 2. The highest BCUT2D eigenvalue weighted by Gasteiger charge is 2.28. The minimum absolute atomic E-state index is 0.0761. The maximum atomic E-state index is 12.7. The van der Waals surface area contributed by atoms with Crippen LogP contribution in [0.5, 0.6) is 0 Å². The van der Waals surface area contributed by atoms with Gasteiger partial charge in [0, 0.05) is 24.3 Å². The van der Waals surface area contributed by atoms with Gasteiger partial charge in [-0.15, -0.1) is 0 Å². The van der Waals surface area contributed by atoms with Crippen LogP contribution in [-0.2, 0) is 10.0 Å². The zero-order valence-electron chi connectivity index (χ0n) is 14.7. The summed E-state index contributed by atoms with van der Waals surface area (Å²) in [5, 5.41) is 13.8. The van der Waals surface area contributed by atoms with E-state index in [2.05, 4.69) is 5.32 Å². The summed E-state index contributed by atoms with van der Waals surface area (Å²) in [5.74, 6) is -0.666. The summed E-state index contributed by atoms with van der Waals surface area (Å²) < 4.78 is 26.7. The molecule has 1 fully saturated rings. The van der Waals surface area contributed by atoms with E-state index in [0.717, 1.165) is 12.8 Å². The van der Waals surface area contributed by atoms with E-state index in [9.17, 15) is 23.3 Å². The smallest absolute Gasteiger partial charge is 0.285 e. The van der Waals surface area contributed by atoms with Gasteiger partial charge in [0.2, 0.25) is 10.0 Å². The van der Waals surface area contributed by atoms with Crippen molar-refractivity contribution in [1.29, 1.82) is 0 Å². The number of nitrogens with zero attached hydrogens (tertiary/aromatic N) is 2. The van der Waals surface area contributed by atoms with Gasteiger partial charge in [-0.05, 0) is 44.0 Å². The lowest BCUT2D eigenvalue weighted by Gasteiger charge is -2.16. The predicted molar refractivity (Wildman–Crippen MR) is 100 cm³/mol. The minimum atomic E-state index is -3.62. The van der Waals surface area contributed by atoms with Gasteiger partial charge in [-0.2, -0.15) is 4.31 Å². The second-order valence-corrected chi connectivity index (χ2v) is 8.26. The van der Waals surface area contributed by atoms with E-state index in [1.165, 1.54) is 28.6 Å². The molecule has 0 aliphatic carbocycles. The molecule has 8 nitrogen and oxygen atoms in total. The van der Waals surface area contributed by atoms with Crippen molar-refractivity contribution in [3.63, 3.8) is 0 Å². The monoisotopic (exact) mass is 389 g/mol. The summed E-state index contributed by atoms with van der Waals surface area (Å²) in [6.07, 6.45) is 1.65. The Labute approximate surface area is 157 Å². The van der Waals surface area contributed by atoms with Gasteiger partial charge in [-0.3, -0.25) is 14.9 Å². The molecule has 0 unspecified atom stereocenters. The van der Waals surface area contributed by atoms with E-state index in [4.69, 9.17) is 0 Å². The van der Waals surface area contributed by atoms with Crippen molar-refractivity contribution in [3.05, 3.63) is 63.7 Å². The molecule has 2 aromatic rings. The van der Waals surface area contributed by atoms with Crippen LogP contribution in [0.1, 0.15) is 28.8 Å². The molecule has 0 radical (unpaired) electrons. The molecule has 1 saturated heterocycles. The number of aryl methyl sites for hydroxylation is 1. The molecule has 3 rings (SSSR count). The van der Waals surface area contributed by atoms with Crippen molar-refractivity contribution in [2.75, 3.05) is 18.4 Å². The Kier molecular flexibility index (Phi) is 5.24. The van der Waals surface area contributed by atoms with Crippen LogP contribution in [0.4, 0.5) is 11.4 Å². The highest BCUT2D eigenvalue weighted by Crippen LogP contribution is 2.26. The molecular formula is C18H19N3O5S. The number of nitro groups is 1. The molecule has 0 aromatic heterocycles. The van der Waals surface area contributed by atoms with E-state index < -0.39 is 20.9 Å². The van der Waals surface area contributed by atoms with E-state index in [1.807, 2.05) is 0 Å². The van der Waals surface area contributed by atoms with E-state index in [-0.39, 0.29) is 21.8 Å². The fourth-order valence-electron chi connectivity index (χ4n) is 3.09. The highest BCUT2D eigenvalue weighted by atomic mass is 32.2. The number of sulfonamides is 1. The standard InChI is InChI=1S/C18H19N3O5S/c1-13-6-4-9-16(17(13)21(23)24)18(22)19-14-7-5-8-15(12-14)27(25,26)20-10-2-3-11-20/h4-9,12H,2-3,10-11H2,1H3,(H,19,22). The quantitative estimate of drug-likeness (QED) is 0.624. The predicted octanol–water partition coefficient (Wildman–Crippen LogP) is 2.94. The third-order valence-corrected chi connectivity index (χ3v) is 6.35. The zero-order valence-corrected chi connectivity index (χ0v) is 15.5. The number of nitro benzene ring substituents is 1. The second kappa shape index (κ2) is 7.45. The van der Waals surface area contributed by atoms with Crippen LogP contribution in [0.15, 0.2) is 47.4 Å². The molecule has 0 atom stereocenters. The van der Waals surface area contributed by atoms with Crippen molar-refractivity contribution in [2.45, 2.75) is 24.7 Å². The average molecular weight is 389 g/mol. The molecule has 27 heavy (non-hydrogen) atoms. The molecule has 1 amide bonds. The van der Waals surface area contributed by atoms with Gasteiger partial charge in [0.15, 0.2) is 0 Å². The molecule has 1 aliphatic heterocycles. The summed E-state index contributed by atoms with van der Waals surface area (Å²) in [6, 6.07) is 10.4. The zero-order chi connectivity index (χ0) is 19.6. The summed E-state index contributed by atoms with van der Waals surface area (Å²) in [6.45, 7) is 2.51. The van der Waals surface area contributed by atoms with E-state index in [1.54, 1.807) is 25.1 Å². The van der Waals surface area contributed by atoms with Gasteiger partial charge in [0.25, 0.3) is 11.6 Å². The first-order chi connectivity index (χ1) is 12.8. The number of nitrogens with one attached hydrogen (secondary N) is 1. The Hall–Kier alpha value is -2.78. The third-order valence-electron chi connectivity index (χ3n) is 4.46. The largest absolute Gasteiger partial charge is 0.322 e. The van der Waals surface area contributed by atoms with Crippen molar-refractivity contribution >= 4 is 27.3 Å². The lowest BCUT2D eigenvalue weighted by atomic mass is 10.1. The second-order valence-electron chi connectivity index (χ2n) is 6.32. The first-order valence-electron chi connectivity index (χ1n) is 8.46. The SMILES string of the molecule is Cc1cccc(C(=O)Nc2cccc(S(=O)(=O)N3CCCC3)c2)c1[N+](=O)[O-]. The number of amides is 1. The Bertz CT molecular complexity index is 998. The van der Waals surface area contributed by atoms with Crippen LogP contribution in [0.25, 0.3) is 0 Å². The molecule has 0 bridgehead atoms. The van der Waals surface area contributed by atoms with Crippen LogP contribution >= 0.6 is 0 Å². The van der Waals surface area contributed by atoms with Crippen molar-refractivity contribution < 1.29 is 18.1 Å². The summed E-state index contributed by atoms with van der Waals surface area (Å²) in [7, 11) is -3.62. The molecule has 142 valence electrons. The molecule has 1 heterocycles. The van der Waals surface area contributed by atoms with Gasteiger partial charge >= 0.3 is 0 Å². The van der Waals surface area contributed by atoms with Gasteiger partial charge in [-0.25, -0.2) is 8.42 Å². The van der Waals surface area contributed by atoms with Crippen LogP contribution in [0, 0.1) is 17.0 Å². The summed E-state index contributed by atoms with van der Waals surface area (Å²) >= 11 is 0. The third kappa shape index (κ3) is 3.83. The van der Waals surface area contributed by atoms with Gasteiger partial charge < -0.3 is 5.32 Å². The number of hydrogen-bond donors (Lipinski definition) is 1. The number of carbonyl (C=O) groups excluding carboxylic acids is 1. The van der Waals surface area contributed by atoms with Crippen LogP contribution in [-0.4, -0.2) is 36.6 Å². The van der Waals surface area contributed by atoms with Gasteiger partial charge in [0.05, 0.1) is 9.82 Å². The first kappa shape index (κ1) is 19.0. The van der Waals surface area contributed by atoms with Crippen LogP contribution < -0.4 is 5.32 Å². The number of hydrogen-bond acceptors (Lipinski definition) is 5. The number of para-hydroxylation sites is 1. The van der Waals surface area contributed by atoms with Crippen molar-refractivity contribution in [3.8, 4) is 0 Å². The summed E-state index contributed by atoms with van der Waals surface area (Å²) in [4.78, 5) is 23.3. The Balaban J connectivity index is 1.88. The van der Waals surface area contributed by atoms with Crippen molar-refractivity contribution in [2.24, 2.45) is 0 Å². The van der Waals surface area contributed by atoms with Crippen molar-refractivity contribution in [1.82, 2.24) is 4.31 Å². The maximum absolute atomic E-state index is 12.7. The Morgan fingerprint density at radius 2 is 1.81 bits per heavy atom. The fraction of sp³-hybridized carbons (Fsp3) is 0.278. The molecule has 1 aliphatic rings. The summed E-state index contributed by atoms with van der Waals surface area (Å²) in [5.41, 5.74) is 0.290. The Morgan fingerprint density at radius 1 is 1.15 bits per heavy atom. The number of anilines is 1. The molecule has 1 N–H and O–H groups in total. The molecule has 9 heteroatoms. The molecule has 2 aromatic carbocycles. The number of carbonyl (C=O) groups is 1. The Morgan fingerprint density at radius 3 is 2.48 bits per heavy atom. The molecule has 0 spiro atoms. The topological polar surface area (TPSA) is 110 Å². The molecule has 0 saturated carbocycles. The van der Waals surface area contributed by atoms with E-state index in [0.29, 0.717) is 18.7 Å². The van der Waals surface area contributed by atoms with Gasteiger partial charge in [0.1, 0.15) is 5.56 Å². The average Bonchev–Trinajstić information content (AvgIpc) is 3.17. The molecular weight excluding hydrogens is 370 g/mol. The normalized spacial score (nSPS) is 14.9. The van der Waals surface area contributed by atoms with E-state index >= 15 is 0 Å². The number of rotatable bonds is 5. The lowest BCUT2D eigenvalue weighted by molar-refractivity contribution is -0.385. The first-order valence-corrected chi connectivity index (χ1v) is 9.90. The van der Waals surface area contributed by atoms with Crippen LogP contribution in [0.2, 0.25) is 0 Å². The fourth-order valence-corrected chi connectivity index (χ4v) is 4.66. The maximum Gasteiger partial charge on any atom is 0.285 e. The minimum Gasteiger partial charge on any atom is -0.322 e. The van der Waals surface area contributed by atoms with Gasteiger partial charge in [-0.1, -0.05) is 18.2 Å². The highest BCUT2D eigenvalue weighted by molar-refractivity contribution is 7.89. The lowest BCUT2D eigenvalue weighted by Crippen LogP contribution is -2.27.